The fraction of sp³-hybridized carbons (Fsp3) is 0.364. The number of benzene rings is 1. The lowest BCUT2D eigenvalue weighted by atomic mass is 10.3. The predicted octanol–water partition coefficient (Wildman–Crippen LogP) is 2.38. The van der Waals surface area contributed by atoms with Gasteiger partial charge in [-0.25, -0.2) is 4.57 Å². The van der Waals surface area contributed by atoms with E-state index in [0.717, 1.165) is 6.42 Å². The smallest absolute Gasteiger partial charge is 0.466 e. The number of nitro benzene ring substituents is 1. The van der Waals surface area contributed by atoms with Gasteiger partial charge in [-0.15, -0.1) is 0 Å². The molecule has 8 nitrogen and oxygen atoms in total. The molecule has 0 atom stereocenters. The van der Waals surface area contributed by atoms with Gasteiger partial charge in [-0.3, -0.25) is 10.1 Å². The number of phosphoric acid groups is 1. The molecule has 0 saturated carbocycles. The molecule has 0 heterocycles. The zero-order valence-corrected chi connectivity index (χ0v) is 11.9. The molecule has 4 N–H and O–H groups in total. The maximum absolute atomic E-state index is 10.0. The number of phenolic OH excluding ortho intramolecular Hbond substituents is 1. The average molecular weight is 308 g/mol. The van der Waals surface area contributed by atoms with Crippen molar-refractivity contribution in [1.29, 1.82) is 0 Å². The molecule has 0 aliphatic heterocycles. The molecular formula is C11H19NO7P. The van der Waals surface area contributed by atoms with Crippen molar-refractivity contribution in [3.05, 3.63) is 41.3 Å². The molecule has 0 bridgehead atoms. The Labute approximate surface area is 117 Å². The van der Waals surface area contributed by atoms with Gasteiger partial charge in [-0.05, 0) is 12.1 Å². The number of non-ortho nitro benzene ring substituents is 1. The van der Waals surface area contributed by atoms with Crippen LogP contribution in [0.2, 0.25) is 0 Å². The number of unbranched alkanes of at least 4 members (excludes halogenated alkanes) is 2. The number of hydrogen-bond acceptors (Lipinski definition) is 4. The number of aromatic hydroxyl groups is 1. The fourth-order valence-corrected chi connectivity index (χ4v) is 0.824. The van der Waals surface area contributed by atoms with Crippen molar-refractivity contribution in [3.63, 3.8) is 0 Å². The van der Waals surface area contributed by atoms with Crippen molar-refractivity contribution >= 4 is 13.5 Å². The fourth-order valence-electron chi connectivity index (χ4n) is 0.824. The van der Waals surface area contributed by atoms with E-state index < -0.39 is 12.7 Å². The third-order valence-electron chi connectivity index (χ3n) is 1.66. The van der Waals surface area contributed by atoms with Crippen LogP contribution in [0.3, 0.4) is 0 Å². The van der Waals surface area contributed by atoms with Crippen LogP contribution < -0.4 is 0 Å². The maximum Gasteiger partial charge on any atom is 0.466 e. The van der Waals surface area contributed by atoms with Gasteiger partial charge >= 0.3 is 7.82 Å². The molecule has 0 aromatic heterocycles. The summed E-state index contributed by atoms with van der Waals surface area (Å²) in [5.74, 6) is 0.0330. The average Bonchev–Trinajstić information content (AvgIpc) is 2.29. The Balaban J connectivity index is 0. The van der Waals surface area contributed by atoms with Crippen molar-refractivity contribution in [3.8, 4) is 5.75 Å². The Morgan fingerprint density at radius 3 is 1.85 bits per heavy atom. The highest BCUT2D eigenvalue weighted by atomic mass is 31.2. The first-order chi connectivity index (χ1) is 9.11. The summed E-state index contributed by atoms with van der Waals surface area (Å²) in [4.78, 5) is 31.1. The van der Waals surface area contributed by atoms with E-state index in [0.29, 0.717) is 0 Å². The summed E-state index contributed by atoms with van der Waals surface area (Å²) in [5, 5.41) is 18.8. The Morgan fingerprint density at radius 2 is 1.65 bits per heavy atom. The summed E-state index contributed by atoms with van der Waals surface area (Å²) in [6.07, 6.45) is 3.65. The van der Waals surface area contributed by atoms with E-state index in [4.69, 9.17) is 24.4 Å². The van der Waals surface area contributed by atoms with Crippen molar-refractivity contribution in [2.75, 3.05) is 0 Å². The molecule has 1 aromatic carbocycles. The molecule has 1 radical (unpaired) electrons. The minimum atomic E-state index is -4.64. The number of nitro groups is 1. The summed E-state index contributed by atoms with van der Waals surface area (Å²) >= 11 is 0. The molecule has 115 valence electrons. The van der Waals surface area contributed by atoms with Gasteiger partial charge in [0.05, 0.1) is 4.92 Å². The van der Waals surface area contributed by atoms with Gasteiger partial charge in [0.2, 0.25) is 0 Å². The summed E-state index contributed by atoms with van der Waals surface area (Å²) < 4.78 is 8.88. The van der Waals surface area contributed by atoms with Crippen LogP contribution in [0.1, 0.15) is 26.2 Å². The van der Waals surface area contributed by atoms with Gasteiger partial charge in [0.15, 0.2) is 0 Å². The lowest BCUT2D eigenvalue weighted by Crippen LogP contribution is -1.85. The highest BCUT2D eigenvalue weighted by Gasteiger charge is 2.01. The number of nitrogens with zero attached hydrogens (tertiary/aromatic N) is 1. The van der Waals surface area contributed by atoms with Gasteiger partial charge in [0.1, 0.15) is 5.75 Å². The van der Waals surface area contributed by atoms with Crippen molar-refractivity contribution in [2.45, 2.75) is 26.2 Å². The van der Waals surface area contributed by atoms with E-state index in [1.165, 1.54) is 37.1 Å². The topological polar surface area (TPSA) is 141 Å². The Hall–Kier alpha value is -1.47. The van der Waals surface area contributed by atoms with Crippen LogP contribution >= 0.6 is 7.82 Å². The maximum atomic E-state index is 10.0. The van der Waals surface area contributed by atoms with Crippen LogP contribution in [0, 0.1) is 17.0 Å². The van der Waals surface area contributed by atoms with Gasteiger partial charge in [0.25, 0.3) is 5.69 Å². The monoisotopic (exact) mass is 308 g/mol. The van der Waals surface area contributed by atoms with Crippen LogP contribution in [-0.2, 0) is 4.57 Å². The summed E-state index contributed by atoms with van der Waals surface area (Å²) in [7, 11) is -4.64. The summed E-state index contributed by atoms with van der Waals surface area (Å²) in [6, 6.07) is 5.04. The first-order valence-corrected chi connectivity index (χ1v) is 7.19. The van der Waals surface area contributed by atoms with E-state index in [1.54, 1.807) is 0 Å². The standard InChI is InChI=1S/C6H5NO3.C5H11.H3O4P/c8-6-3-1-5(2-4-6)7(9)10;1-3-5-4-2;1-5(2,3)4/h1-4,8H;1,3-5H2,2H3;(H3,1,2,3,4). The zero-order chi connectivity index (χ0) is 16.2. The molecule has 9 heteroatoms. The molecule has 0 amide bonds. The van der Waals surface area contributed by atoms with E-state index in [-0.39, 0.29) is 11.4 Å². The lowest BCUT2D eigenvalue weighted by molar-refractivity contribution is -0.384. The molecule has 0 spiro atoms. The largest absolute Gasteiger partial charge is 0.508 e. The van der Waals surface area contributed by atoms with Gasteiger partial charge < -0.3 is 19.8 Å². The van der Waals surface area contributed by atoms with Crippen molar-refractivity contribution in [2.24, 2.45) is 0 Å². The van der Waals surface area contributed by atoms with E-state index in [9.17, 15) is 10.1 Å². The van der Waals surface area contributed by atoms with Crippen LogP contribution in [-0.4, -0.2) is 24.7 Å². The zero-order valence-electron chi connectivity index (χ0n) is 11.0. The Kier molecular flexibility index (Phi) is 11.8. The van der Waals surface area contributed by atoms with Crippen LogP contribution in [0.15, 0.2) is 24.3 Å². The Morgan fingerprint density at radius 1 is 1.25 bits per heavy atom. The molecule has 20 heavy (non-hydrogen) atoms. The molecule has 1 aromatic rings. The quantitative estimate of drug-likeness (QED) is 0.381. The van der Waals surface area contributed by atoms with Crippen molar-refractivity contribution in [1.82, 2.24) is 0 Å². The molecule has 0 saturated heterocycles. The highest BCUT2D eigenvalue weighted by molar-refractivity contribution is 7.45. The molecule has 0 fully saturated rings. The molecule has 0 aliphatic carbocycles. The SMILES string of the molecule is O=P(O)(O)O.O=[N+]([O-])c1ccc(O)cc1.[CH2]CCCC. The van der Waals surface area contributed by atoms with Crippen molar-refractivity contribution < 1.29 is 29.3 Å². The second kappa shape index (κ2) is 11.4. The number of rotatable bonds is 3. The third-order valence-corrected chi connectivity index (χ3v) is 1.66. The van der Waals surface area contributed by atoms with Crippen LogP contribution in [0.25, 0.3) is 0 Å². The van der Waals surface area contributed by atoms with Crippen LogP contribution in [0.5, 0.6) is 5.75 Å². The minimum Gasteiger partial charge on any atom is -0.508 e. The first-order valence-electron chi connectivity index (χ1n) is 5.62. The Bertz CT molecular complexity index is 405. The van der Waals surface area contributed by atoms with Gasteiger partial charge in [-0.1, -0.05) is 33.1 Å². The molecular weight excluding hydrogens is 289 g/mol. The summed E-state index contributed by atoms with van der Waals surface area (Å²) in [6.45, 7) is 5.85. The van der Waals surface area contributed by atoms with E-state index in [1.807, 2.05) is 0 Å². The lowest BCUT2D eigenvalue weighted by Gasteiger charge is -1.89. The number of hydrogen-bond donors (Lipinski definition) is 4. The molecule has 0 unspecified atom stereocenters. The predicted molar refractivity (Wildman–Crippen MR) is 73.9 cm³/mol. The number of phenols is 1. The third kappa shape index (κ3) is 18.9. The molecule has 0 aliphatic rings. The first kappa shape index (κ1) is 20.8. The van der Waals surface area contributed by atoms with Crippen LogP contribution in [0.4, 0.5) is 5.69 Å². The van der Waals surface area contributed by atoms with E-state index >= 15 is 0 Å². The van der Waals surface area contributed by atoms with E-state index in [2.05, 4.69) is 13.8 Å². The minimum absolute atomic E-state index is 0.0159. The highest BCUT2D eigenvalue weighted by Crippen LogP contribution is 2.25. The van der Waals surface area contributed by atoms with Gasteiger partial charge in [0, 0.05) is 12.1 Å². The molecule has 1 rings (SSSR count). The van der Waals surface area contributed by atoms with Gasteiger partial charge in [-0.2, -0.15) is 0 Å². The normalized spacial score (nSPS) is 9.65. The summed E-state index contributed by atoms with van der Waals surface area (Å²) in [5.41, 5.74) is -0.0159. The second-order valence-corrected chi connectivity index (χ2v) is 4.52. The second-order valence-electron chi connectivity index (χ2n) is 3.49.